The van der Waals surface area contributed by atoms with E-state index in [4.69, 9.17) is 0 Å². The molecule has 0 spiro atoms. The van der Waals surface area contributed by atoms with Gasteiger partial charge in [0.15, 0.2) is 8.24 Å². The first-order valence-corrected chi connectivity index (χ1v) is 12.1. The van der Waals surface area contributed by atoms with E-state index < -0.39 is 8.24 Å². The number of hydrogen-bond donors (Lipinski definition) is 1. The predicted molar refractivity (Wildman–Crippen MR) is 110 cm³/mol. The summed E-state index contributed by atoms with van der Waals surface area (Å²) in [5, 5.41) is 3.20. The van der Waals surface area contributed by atoms with Crippen LogP contribution in [0.2, 0.25) is 6.55 Å². The van der Waals surface area contributed by atoms with Crippen molar-refractivity contribution in [3.8, 4) is 0 Å². The second-order valence-corrected chi connectivity index (χ2v) is 12.0. The van der Waals surface area contributed by atoms with E-state index in [9.17, 15) is 0 Å². The number of rotatable bonds is 8. The normalized spacial score (nSPS) is 17.4. The van der Waals surface area contributed by atoms with E-state index in [1.807, 2.05) is 0 Å². The van der Waals surface area contributed by atoms with Gasteiger partial charge in [0, 0.05) is 5.54 Å². The molecular weight excluding hydrogens is 306 g/mol. The van der Waals surface area contributed by atoms with Crippen LogP contribution in [0.1, 0.15) is 66.2 Å². The van der Waals surface area contributed by atoms with Gasteiger partial charge in [-0.05, 0) is 51.8 Å². The Morgan fingerprint density at radius 2 is 1.75 bits per heavy atom. The van der Waals surface area contributed by atoms with Crippen LogP contribution in [0.25, 0.3) is 0 Å². The molecule has 0 aromatic heterocycles. The van der Waals surface area contributed by atoms with Gasteiger partial charge < -0.3 is 4.98 Å². The smallest absolute Gasteiger partial charge is 0.183 e. The second-order valence-electron chi connectivity index (χ2n) is 8.29. The highest BCUT2D eigenvalue weighted by Crippen LogP contribution is 2.31. The molecule has 0 saturated heterocycles. The number of nitrogens with one attached hydrogen (secondary N) is 1. The van der Waals surface area contributed by atoms with Gasteiger partial charge in [0.25, 0.3) is 0 Å². The topological polar surface area (TPSA) is 12.0 Å². The van der Waals surface area contributed by atoms with Gasteiger partial charge in [-0.1, -0.05) is 79.4 Å². The maximum atomic E-state index is 4.06. The average Bonchev–Trinajstić information content (AvgIpc) is 3.00. The van der Waals surface area contributed by atoms with Crippen LogP contribution >= 0.6 is 0 Å². The Labute approximate surface area is 150 Å². The fraction of sp³-hybridized carbons (Fsp3) is 0.545. The molecule has 1 aliphatic rings. The molecule has 1 aromatic carbocycles. The lowest BCUT2D eigenvalue weighted by Gasteiger charge is -2.38. The van der Waals surface area contributed by atoms with E-state index in [1.165, 1.54) is 37.3 Å². The zero-order valence-electron chi connectivity index (χ0n) is 16.3. The summed E-state index contributed by atoms with van der Waals surface area (Å²) >= 11 is 0. The van der Waals surface area contributed by atoms with Gasteiger partial charge in [-0.25, -0.2) is 0 Å². The Hall–Kier alpha value is -1.12. The Morgan fingerprint density at radius 1 is 1.04 bits per heavy atom. The van der Waals surface area contributed by atoms with Crippen molar-refractivity contribution in [1.82, 2.24) is 4.98 Å². The number of benzene rings is 1. The van der Waals surface area contributed by atoms with Crippen molar-refractivity contribution < 1.29 is 0 Å². The van der Waals surface area contributed by atoms with Crippen LogP contribution in [0.3, 0.4) is 0 Å². The van der Waals surface area contributed by atoms with Crippen molar-refractivity contribution in [3.63, 3.8) is 0 Å². The quantitative estimate of drug-likeness (QED) is 0.478. The van der Waals surface area contributed by atoms with Crippen LogP contribution in [-0.4, -0.2) is 13.8 Å². The maximum Gasteiger partial charge on any atom is 0.183 e. The van der Waals surface area contributed by atoms with E-state index >= 15 is 0 Å². The van der Waals surface area contributed by atoms with Crippen molar-refractivity contribution >= 4 is 13.4 Å². The third kappa shape index (κ3) is 4.94. The Kier molecular flexibility index (Phi) is 6.65. The molecule has 0 amide bonds. The van der Waals surface area contributed by atoms with Crippen molar-refractivity contribution in [2.45, 2.75) is 78.3 Å². The summed E-state index contributed by atoms with van der Waals surface area (Å²) in [6, 6.07) is 11.2. The highest BCUT2D eigenvalue weighted by molar-refractivity contribution is 6.95. The lowest BCUT2D eigenvalue weighted by molar-refractivity contribution is 0.515. The molecule has 1 aromatic rings. The highest BCUT2D eigenvalue weighted by atomic mass is 28.3. The monoisotopic (exact) mass is 341 g/mol. The minimum atomic E-state index is -1.89. The van der Waals surface area contributed by atoms with E-state index in [0.29, 0.717) is 0 Å². The predicted octanol–water partition coefficient (Wildman–Crippen LogP) is 5.62. The SMILES string of the molecule is CCCCCCC1=C([Si](C)(NC(C)(C)C)c2ccccc2)CC=C1. The lowest BCUT2D eigenvalue weighted by Crippen LogP contribution is -2.65. The molecule has 0 heterocycles. The Morgan fingerprint density at radius 3 is 2.38 bits per heavy atom. The van der Waals surface area contributed by atoms with E-state index in [-0.39, 0.29) is 5.54 Å². The molecule has 1 atom stereocenters. The number of unbranched alkanes of at least 4 members (excludes halogenated alkanes) is 3. The molecular formula is C22H35NSi. The molecule has 1 unspecified atom stereocenters. The van der Waals surface area contributed by atoms with Crippen LogP contribution in [-0.2, 0) is 0 Å². The molecule has 2 heteroatoms. The minimum Gasteiger partial charge on any atom is -0.326 e. The van der Waals surface area contributed by atoms with Crippen LogP contribution in [0.15, 0.2) is 53.3 Å². The molecule has 132 valence electrons. The van der Waals surface area contributed by atoms with Crippen LogP contribution < -0.4 is 10.2 Å². The second kappa shape index (κ2) is 8.31. The van der Waals surface area contributed by atoms with Crippen LogP contribution in [0, 0.1) is 0 Å². The van der Waals surface area contributed by atoms with Crippen molar-refractivity contribution in [2.24, 2.45) is 0 Å². The standard InChI is InChI=1S/C22H35NSi/c1-6-7-8-10-14-19-15-13-18-21(19)24(5,23-22(2,3)4)20-16-11-9-12-17-20/h9,11-13,15-17,23H,6-8,10,14,18H2,1-5H3. The zero-order chi connectivity index (χ0) is 17.6. The summed E-state index contributed by atoms with van der Waals surface area (Å²) in [4.78, 5) is 4.06. The van der Waals surface area contributed by atoms with Gasteiger partial charge >= 0.3 is 0 Å². The summed E-state index contributed by atoms with van der Waals surface area (Å²) in [6.45, 7) is 11.7. The molecule has 0 saturated carbocycles. The minimum absolute atomic E-state index is 0.125. The fourth-order valence-corrected chi connectivity index (χ4v) is 8.28. The van der Waals surface area contributed by atoms with Crippen molar-refractivity contribution in [3.05, 3.63) is 53.3 Å². The molecule has 0 bridgehead atoms. The molecule has 1 nitrogen and oxygen atoms in total. The third-order valence-electron chi connectivity index (χ3n) is 4.91. The Balaban J connectivity index is 2.32. The van der Waals surface area contributed by atoms with E-state index in [0.717, 1.165) is 6.42 Å². The van der Waals surface area contributed by atoms with Crippen LogP contribution in [0.5, 0.6) is 0 Å². The first-order valence-electron chi connectivity index (χ1n) is 9.61. The van der Waals surface area contributed by atoms with Gasteiger partial charge in [0.05, 0.1) is 0 Å². The largest absolute Gasteiger partial charge is 0.326 e. The maximum absolute atomic E-state index is 4.06. The van der Waals surface area contributed by atoms with E-state index in [2.05, 4.69) is 81.7 Å². The van der Waals surface area contributed by atoms with Gasteiger partial charge in [-0.3, -0.25) is 0 Å². The molecule has 24 heavy (non-hydrogen) atoms. The van der Waals surface area contributed by atoms with Crippen LogP contribution in [0.4, 0.5) is 0 Å². The van der Waals surface area contributed by atoms with Gasteiger partial charge in [0.1, 0.15) is 0 Å². The summed E-state index contributed by atoms with van der Waals surface area (Å²) in [6.07, 6.45) is 12.5. The molecule has 0 radical (unpaired) electrons. The Bertz CT molecular complexity index is 580. The third-order valence-corrected chi connectivity index (χ3v) is 9.38. The summed E-state index contributed by atoms with van der Waals surface area (Å²) in [7, 11) is -1.89. The first-order chi connectivity index (χ1) is 11.4. The van der Waals surface area contributed by atoms with Gasteiger partial charge in [0.2, 0.25) is 0 Å². The summed E-state index contributed by atoms with van der Waals surface area (Å²) in [5.41, 5.74) is 1.74. The number of hydrogen-bond acceptors (Lipinski definition) is 1. The fourth-order valence-electron chi connectivity index (χ4n) is 3.90. The molecule has 1 N–H and O–H groups in total. The average molecular weight is 342 g/mol. The molecule has 1 aliphatic carbocycles. The molecule has 0 fully saturated rings. The van der Waals surface area contributed by atoms with Gasteiger partial charge in [-0.15, -0.1) is 0 Å². The molecule has 2 rings (SSSR count). The zero-order valence-corrected chi connectivity index (χ0v) is 17.3. The van der Waals surface area contributed by atoms with Gasteiger partial charge in [-0.2, -0.15) is 0 Å². The summed E-state index contributed by atoms with van der Waals surface area (Å²) in [5.74, 6) is 0. The lowest BCUT2D eigenvalue weighted by atomic mass is 10.1. The first kappa shape index (κ1) is 19.2. The van der Waals surface area contributed by atoms with E-state index in [1.54, 1.807) is 10.8 Å². The number of allylic oxidation sites excluding steroid dienone is 4. The van der Waals surface area contributed by atoms with Crippen molar-refractivity contribution in [1.29, 1.82) is 0 Å². The van der Waals surface area contributed by atoms with Crippen molar-refractivity contribution in [2.75, 3.05) is 0 Å². The summed E-state index contributed by atoms with van der Waals surface area (Å²) < 4.78 is 0. The highest BCUT2D eigenvalue weighted by Gasteiger charge is 2.39. The molecule has 0 aliphatic heterocycles.